The minimum atomic E-state index is -0.494. The Kier molecular flexibility index (Phi) is 5.32. The van der Waals surface area contributed by atoms with Crippen molar-refractivity contribution < 1.29 is 5.11 Å². The second-order valence-corrected chi connectivity index (χ2v) is 9.03. The third-order valence-electron chi connectivity index (χ3n) is 5.68. The first-order valence-electron chi connectivity index (χ1n) is 10.7. The summed E-state index contributed by atoms with van der Waals surface area (Å²) >= 11 is 0. The van der Waals surface area contributed by atoms with E-state index in [0.29, 0.717) is 19.6 Å². The lowest BCUT2D eigenvalue weighted by atomic mass is 9.95. The Morgan fingerprint density at radius 1 is 1.07 bits per heavy atom. The zero-order chi connectivity index (χ0) is 21.6. The molecule has 1 aliphatic heterocycles. The molecule has 1 aliphatic rings. The zero-order valence-corrected chi connectivity index (χ0v) is 18.0. The molecule has 1 aromatic carbocycles. The normalized spacial score (nSPS) is 16.5. The minimum absolute atomic E-state index is 0.128. The lowest BCUT2D eigenvalue weighted by Crippen LogP contribution is -2.45. The molecule has 0 unspecified atom stereocenters. The number of rotatable bonds is 5. The van der Waals surface area contributed by atoms with Crippen molar-refractivity contribution in [2.24, 2.45) is 11.8 Å². The Balaban J connectivity index is 1.98. The van der Waals surface area contributed by atoms with Crippen LogP contribution in [0.1, 0.15) is 50.6 Å². The Hall–Kier alpha value is -2.80. The Labute approximate surface area is 175 Å². The first kappa shape index (κ1) is 20.5. The summed E-state index contributed by atoms with van der Waals surface area (Å²) in [5, 5.41) is 15.6. The topological polar surface area (TPSA) is 92.0 Å². The lowest BCUT2D eigenvalue weighted by Gasteiger charge is -2.27. The third kappa shape index (κ3) is 3.37. The summed E-state index contributed by atoms with van der Waals surface area (Å²) in [5.74, 6) is 0.0420. The number of para-hydroxylation sites is 1. The van der Waals surface area contributed by atoms with Crippen molar-refractivity contribution >= 4 is 10.9 Å². The molecule has 0 fully saturated rings. The summed E-state index contributed by atoms with van der Waals surface area (Å²) in [5.41, 5.74) is 2.43. The largest absolute Gasteiger partial charge is 0.494 e. The van der Waals surface area contributed by atoms with Gasteiger partial charge >= 0.3 is 5.69 Å². The van der Waals surface area contributed by atoms with Crippen LogP contribution in [0, 0.1) is 11.8 Å². The maximum atomic E-state index is 13.4. The van der Waals surface area contributed by atoms with Gasteiger partial charge in [0.05, 0.1) is 6.04 Å². The van der Waals surface area contributed by atoms with Crippen LogP contribution in [0.5, 0.6) is 5.88 Å². The van der Waals surface area contributed by atoms with Gasteiger partial charge in [0.15, 0.2) is 0 Å². The highest BCUT2D eigenvalue weighted by Gasteiger charge is 2.32. The van der Waals surface area contributed by atoms with Crippen LogP contribution in [-0.4, -0.2) is 25.8 Å². The van der Waals surface area contributed by atoms with Crippen molar-refractivity contribution in [1.82, 2.24) is 19.4 Å². The third-order valence-corrected chi connectivity index (χ3v) is 5.68. The van der Waals surface area contributed by atoms with Crippen molar-refractivity contribution in [2.75, 3.05) is 6.54 Å². The average molecular weight is 411 g/mol. The van der Waals surface area contributed by atoms with E-state index in [1.165, 1.54) is 9.13 Å². The summed E-state index contributed by atoms with van der Waals surface area (Å²) in [6.45, 7) is 9.26. The molecule has 0 radical (unpaired) electrons. The standard InChI is InChI=1S/C23H30N4O3/c1-13(2)11-26-21(28)18(22(29)27(23(26)30)12-14(3)4)20-19-16(9-10-24-20)15-7-5-6-8-17(15)25-19/h5-8,13-14,20,24-25,28H,9-12H2,1-4H3/t20-/m1/s1. The SMILES string of the molecule is CC(C)Cn1c(O)c([C@H]2NCCc3c2[nH]c2ccccc32)c(=O)n(CC(C)C)c1=O. The van der Waals surface area contributed by atoms with E-state index in [1.54, 1.807) is 0 Å². The van der Waals surface area contributed by atoms with Gasteiger partial charge < -0.3 is 15.4 Å². The number of nitrogens with zero attached hydrogens (tertiary/aromatic N) is 2. The van der Waals surface area contributed by atoms with Crippen molar-refractivity contribution in [1.29, 1.82) is 0 Å². The Morgan fingerprint density at radius 2 is 1.73 bits per heavy atom. The first-order valence-corrected chi connectivity index (χ1v) is 10.7. The van der Waals surface area contributed by atoms with Gasteiger partial charge in [0.2, 0.25) is 5.88 Å². The monoisotopic (exact) mass is 410 g/mol. The van der Waals surface area contributed by atoms with E-state index in [1.807, 2.05) is 45.9 Å². The minimum Gasteiger partial charge on any atom is -0.494 e. The first-order chi connectivity index (χ1) is 14.3. The molecule has 30 heavy (non-hydrogen) atoms. The van der Waals surface area contributed by atoms with Crippen LogP contribution in [0.2, 0.25) is 0 Å². The molecule has 0 bridgehead atoms. The fraction of sp³-hybridized carbons (Fsp3) is 0.478. The number of hydrogen-bond acceptors (Lipinski definition) is 4. The van der Waals surface area contributed by atoms with Gasteiger partial charge in [-0.2, -0.15) is 0 Å². The highest BCUT2D eigenvalue weighted by atomic mass is 16.3. The second-order valence-electron chi connectivity index (χ2n) is 9.03. The molecular formula is C23H30N4O3. The molecular weight excluding hydrogens is 380 g/mol. The zero-order valence-electron chi connectivity index (χ0n) is 18.0. The van der Waals surface area contributed by atoms with Gasteiger partial charge in [0.25, 0.3) is 5.56 Å². The summed E-state index contributed by atoms with van der Waals surface area (Å²) in [4.78, 5) is 29.9. The van der Waals surface area contributed by atoms with Gasteiger partial charge in [0, 0.05) is 36.2 Å². The number of fused-ring (bicyclic) bond motifs is 3. The van der Waals surface area contributed by atoms with Crippen LogP contribution in [0.15, 0.2) is 33.9 Å². The van der Waals surface area contributed by atoms with Gasteiger partial charge in [-0.1, -0.05) is 45.9 Å². The predicted molar refractivity (Wildman–Crippen MR) is 118 cm³/mol. The summed E-state index contributed by atoms with van der Waals surface area (Å²) in [6.07, 6.45) is 0.836. The molecule has 0 saturated heterocycles. The molecule has 4 rings (SSSR count). The van der Waals surface area contributed by atoms with Crippen LogP contribution >= 0.6 is 0 Å². The van der Waals surface area contributed by atoms with Gasteiger partial charge in [0.1, 0.15) is 5.56 Å². The molecule has 0 saturated carbocycles. The second kappa shape index (κ2) is 7.80. The highest BCUT2D eigenvalue weighted by Crippen LogP contribution is 2.34. The van der Waals surface area contributed by atoms with E-state index in [4.69, 9.17) is 0 Å². The number of H-pyrrole nitrogens is 1. The van der Waals surface area contributed by atoms with Crippen molar-refractivity contribution in [3.8, 4) is 5.88 Å². The number of benzene rings is 1. The van der Waals surface area contributed by atoms with E-state index < -0.39 is 17.3 Å². The number of hydrogen-bond donors (Lipinski definition) is 3. The molecule has 0 spiro atoms. The number of aromatic hydroxyl groups is 1. The molecule has 3 N–H and O–H groups in total. The fourth-order valence-electron chi connectivity index (χ4n) is 4.44. The van der Waals surface area contributed by atoms with E-state index in [9.17, 15) is 14.7 Å². The number of aromatic nitrogens is 3. The molecule has 2 aromatic heterocycles. The van der Waals surface area contributed by atoms with E-state index >= 15 is 0 Å². The van der Waals surface area contributed by atoms with Crippen LogP contribution in [0.4, 0.5) is 0 Å². The molecule has 3 aromatic rings. The Bertz CT molecular complexity index is 1200. The van der Waals surface area contributed by atoms with E-state index in [2.05, 4.69) is 16.4 Å². The maximum Gasteiger partial charge on any atom is 0.333 e. The fourth-order valence-corrected chi connectivity index (χ4v) is 4.44. The van der Waals surface area contributed by atoms with Crippen molar-refractivity contribution in [3.05, 3.63) is 61.9 Å². The molecule has 7 heteroatoms. The smallest absolute Gasteiger partial charge is 0.333 e. The highest BCUT2D eigenvalue weighted by molar-refractivity contribution is 5.85. The summed E-state index contributed by atoms with van der Waals surface area (Å²) in [7, 11) is 0. The molecule has 1 atom stereocenters. The molecule has 3 heterocycles. The molecule has 0 amide bonds. The van der Waals surface area contributed by atoms with E-state index in [0.717, 1.165) is 28.6 Å². The van der Waals surface area contributed by atoms with Gasteiger partial charge in [-0.25, -0.2) is 4.79 Å². The summed E-state index contributed by atoms with van der Waals surface area (Å²) in [6, 6.07) is 7.57. The molecule has 7 nitrogen and oxygen atoms in total. The van der Waals surface area contributed by atoms with Crippen LogP contribution < -0.4 is 16.6 Å². The van der Waals surface area contributed by atoms with Crippen LogP contribution in [0.25, 0.3) is 10.9 Å². The van der Waals surface area contributed by atoms with Crippen LogP contribution in [0.3, 0.4) is 0 Å². The van der Waals surface area contributed by atoms with E-state index in [-0.39, 0.29) is 23.3 Å². The Morgan fingerprint density at radius 3 is 2.43 bits per heavy atom. The quantitative estimate of drug-likeness (QED) is 0.603. The van der Waals surface area contributed by atoms with Crippen molar-refractivity contribution in [2.45, 2.75) is 53.2 Å². The number of nitrogens with one attached hydrogen (secondary N) is 2. The van der Waals surface area contributed by atoms with Gasteiger partial charge in [-0.15, -0.1) is 0 Å². The maximum absolute atomic E-state index is 13.4. The molecule has 0 aliphatic carbocycles. The lowest BCUT2D eigenvalue weighted by molar-refractivity contribution is 0.343. The summed E-state index contributed by atoms with van der Waals surface area (Å²) < 4.78 is 2.63. The van der Waals surface area contributed by atoms with Gasteiger partial charge in [-0.3, -0.25) is 13.9 Å². The van der Waals surface area contributed by atoms with Gasteiger partial charge in [-0.05, 0) is 29.9 Å². The predicted octanol–water partition coefficient (Wildman–Crippen LogP) is 2.74. The average Bonchev–Trinajstić information content (AvgIpc) is 3.08. The van der Waals surface area contributed by atoms with Crippen LogP contribution in [-0.2, 0) is 19.5 Å². The number of aromatic amines is 1. The molecule has 160 valence electrons. The van der Waals surface area contributed by atoms with Crippen molar-refractivity contribution in [3.63, 3.8) is 0 Å².